The molecule has 0 spiro atoms. The molecule has 1 atom stereocenters. The van der Waals surface area contributed by atoms with Crippen LogP contribution in [0.25, 0.3) is 0 Å². The van der Waals surface area contributed by atoms with Gasteiger partial charge in [-0.05, 0) is 68.8 Å². The first-order valence-electron chi connectivity index (χ1n) is 12.1. The van der Waals surface area contributed by atoms with Crippen molar-refractivity contribution in [3.63, 3.8) is 0 Å². The van der Waals surface area contributed by atoms with Crippen LogP contribution in [0, 0.1) is 0 Å². The normalized spacial score (nSPS) is 13.8. The molecule has 0 fully saturated rings. The number of hydrogen-bond donors (Lipinski definition) is 3. The number of fused-ring (bicyclic) bond motifs is 1. The molecule has 1 amide bonds. The van der Waals surface area contributed by atoms with Crippen molar-refractivity contribution in [2.45, 2.75) is 57.4 Å². The lowest BCUT2D eigenvalue weighted by Crippen LogP contribution is -2.43. The lowest BCUT2D eigenvalue weighted by Gasteiger charge is -2.24. The maximum atomic E-state index is 12.8. The third-order valence-corrected chi connectivity index (χ3v) is 6.03. The molecule has 0 aromatic carbocycles. The van der Waals surface area contributed by atoms with Crippen molar-refractivity contribution in [3.8, 4) is 0 Å². The summed E-state index contributed by atoms with van der Waals surface area (Å²) < 4.78 is 25.7. The minimum atomic E-state index is -2.43. The summed E-state index contributed by atoms with van der Waals surface area (Å²) in [5.41, 5.74) is 2.50. The van der Waals surface area contributed by atoms with E-state index in [4.69, 9.17) is 0 Å². The molecule has 1 aliphatic rings. The molecule has 3 rings (SSSR count). The van der Waals surface area contributed by atoms with E-state index in [0.29, 0.717) is 6.54 Å². The van der Waals surface area contributed by atoms with Gasteiger partial charge in [0, 0.05) is 44.1 Å². The quantitative estimate of drug-likeness (QED) is 0.349. The standard InChI is InChI=1S/C25H33F2N5O3/c26-22(27)11-16-32(14-2-1-7-20-9-8-18-5-4-13-29-23(18)30-20)15-10-21(25(34)35)31-24(33)19-6-3-12-28-17-19/h3,6,8-9,12,17,21-22H,1-2,4-5,7,10-11,13-16H2,(H,29,30)(H,31,33)(H,34,35). The number of carboxylic acids is 1. The number of carboxylic acid groups (broad SMARTS) is 1. The van der Waals surface area contributed by atoms with E-state index < -0.39 is 24.3 Å². The molecule has 0 bridgehead atoms. The molecule has 0 aliphatic carbocycles. The lowest BCUT2D eigenvalue weighted by atomic mass is 10.1. The van der Waals surface area contributed by atoms with Gasteiger partial charge in [0.15, 0.2) is 0 Å². The number of pyridine rings is 2. The van der Waals surface area contributed by atoms with E-state index in [-0.39, 0.29) is 31.5 Å². The monoisotopic (exact) mass is 489 g/mol. The largest absolute Gasteiger partial charge is 0.480 e. The Balaban J connectivity index is 1.48. The molecule has 10 heteroatoms. The topological polar surface area (TPSA) is 107 Å². The number of aryl methyl sites for hydroxylation is 2. The van der Waals surface area contributed by atoms with Crippen LogP contribution in [-0.2, 0) is 17.6 Å². The molecule has 0 saturated heterocycles. The molecule has 3 N–H and O–H groups in total. The molecule has 2 aromatic heterocycles. The van der Waals surface area contributed by atoms with Crippen molar-refractivity contribution in [3.05, 3.63) is 53.5 Å². The highest BCUT2D eigenvalue weighted by atomic mass is 19.3. The maximum absolute atomic E-state index is 12.8. The van der Waals surface area contributed by atoms with Crippen molar-refractivity contribution in [1.29, 1.82) is 0 Å². The summed E-state index contributed by atoms with van der Waals surface area (Å²) in [6, 6.07) is 6.17. The first kappa shape index (κ1) is 26.5. The van der Waals surface area contributed by atoms with Crippen LogP contribution in [0.4, 0.5) is 14.6 Å². The molecule has 190 valence electrons. The fourth-order valence-electron chi connectivity index (χ4n) is 4.07. The summed E-state index contributed by atoms with van der Waals surface area (Å²) in [6.45, 7) is 1.96. The van der Waals surface area contributed by atoms with E-state index in [9.17, 15) is 23.5 Å². The maximum Gasteiger partial charge on any atom is 0.326 e. The average molecular weight is 490 g/mol. The van der Waals surface area contributed by atoms with Gasteiger partial charge >= 0.3 is 5.97 Å². The van der Waals surface area contributed by atoms with E-state index in [1.165, 1.54) is 18.0 Å². The number of nitrogens with one attached hydrogen (secondary N) is 2. The molecular weight excluding hydrogens is 456 g/mol. The second-order valence-corrected chi connectivity index (χ2v) is 8.71. The Morgan fingerprint density at radius 2 is 1.97 bits per heavy atom. The number of nitrogens with zero attached hydrogens (tertiary/aromatic N) is 3. The number of anilines is 1. The molecule has 0 saturated carbocycles. The number of halogens is 2. The van der Waals surface area contributed by atoms with Crippen molar-refractivity contribution in [2.75, 3.05) is 31.5 Å². The van der Waals surface area contributed by atoms with Gasteiger partial charge in [0.25, 0.3) is 5.91 Å². The van der Waals surface area contributed by atoms with E-state index >= 15 is 0 Å². The molecule has 35 heavy (non-hydrogen) atoms. The van der Waals surface area contributed by atoms with Gasteiger partial charge in [-0.15, -0.1) is 0 Å². The zero-order valence-corrected chi connectivity index (χ0v) is 19.8. The zero-order valence-electron chi connectivity index (χ0n) is 19.8. The van der Waals surface area contributed by atoms with Crippen LogP contribution in [0.5, 0.6) is 0 Å². The third kappa shape index (κ3) is 8.86. The van der Waals surface area contributed by atoms with Crippen LogP contribution in [-0.4, -0.2) is 70.5 Å². The van der Waals surface area contributed by atoms with Gasteiger partial charge in [0.2, 0.25) is 6.43 Å². The number of unbranched alkanes of at least 4 members (excludes halogenated alkanes) is 1. The van der Waals surface area contributed by atoms with Gasteiger partial charge in [-0.1, -0.05) is 6.07 Å². The fourth-order valence-corrected chi connectivity index (χ4v) is 4.07. The Labute approximate surface area is 204 Å². The molecule has 3 heterocycles. The number of rotatable bonds is 14. The highest BCUT2D eigenvalue weighted by Crippen LogP contribution is 2.20. The van der Waals surface area contributed by atoms with Gasteiger partial charge in [0.05, 0.1) is 5.56 Å². The molecular formula is C25H33F2N5O3. The molecule has 0 radical (unpaired) electrons. The van der Waals surface area contributed by atoms with Crippen molar-refractivity contribution < 1.29 is 23.5 Å². The second kappa shape index (κ2) is 13.7. The van der Waals surface area contributed by atoms with E-state index in [1.807, 2.05) is 11.0 Å². The van der Waals surface area contributed by atoms with Crippen LogP contribution in [0.3, 0.4) is 0 Å². The molecule has 1 unspecified atom stereocenters. The molecule has 8 nitrogen and oxygen atoms in total. The number of alkyl halides is 2. The fraction of sp³-hybridized carbons (Fsp3) is 0.520. The van der Waals surface area contributed by atoms with Crippen LogP contribution in [0.2, 0.25) is 0 Å². The second-order valence-electron chi connectivity index (χ2n) is 8.71. The number of aliphatic carboxylic acids is 1. The van der Waals surface area contributed by atoms with Crippen LogP contribution >= 0.6 is 0 Å². The minimum absolute atomic E-state index is 0.114. The predicted molar refractivity (Wildman–Crippen MR) is 129 cm³/mol. The zero-order chi connectivity index (χ0) is 25.0. The molecule has 2 aromatic rings. The minimum Gasteiger partial charge on any atom is -0.480 e. The first-order chi connectivity index (χ1) is 16.9. The highest BCUT2D eigenvalue weighted by Gasteiger charge is 2.22. The highest BCUT2D eigenvalue weighted by molar-refractivity contribution is 5.96. The summed E-state index contributed by atoms with van der Waals surface area (Å²) in [6.07, 6.45) is 4.84. The lowest BCUT2D eigenvalue weighted by molar-refractivity contribution is -0.139. The van der Waals surface area contributed by atoms with Gasteiger partial charge in [-0.2, -0.15) is 0 Å². The molecule has 1 aliphatic heterocycles. The van der Waals surface area contributed by atoms with Crippen LogP contribution in [0.1, 0.15) is 53.7 Å². The first-order valence-corrected chi connectivity index (χ1v) is 12.1. The average Bonchev–Trinajstić information content (AvgIpc) is 2.86. The van der Waals surface area contributed by atoms with Crippen LogP contribution in [0.15, 0.2) is 36.7 Å². The third-order valence-electron chi connectivity index (χ3n) is 6.03. The summed E-state index contributed by atoms with van der Waals surface area (Å²) in [4.78, 5) is 34.4. The summed E-state index contributed by atoms with van der Waals surface area (Å²) in [7, 11) is 0. The number of amides is 1. The Kier molecular flexibility index (Phi) is 10.3. The van der Waals surface area contributed by atoms with Gasteiger partial charge < -0.3 is 20.6 Å². The van der Waals surface area contributed by atoms with Gasteiger partial charge in [0.1, 0.15) is 11.9 Å². The van der Waals surface area contributed by atoms with E-state index in [2.05, 4.69) is 26.7 Å². The Bertz CT molecular complexity index is 961. The van der Waals surface area contributed by atoms with Crippen LogP contribution < -0.4 is 10.6 Å². The van der Waals surface area contributed by atoms with Gasteiger partial charge in [-0.25, -0.2) is 18.6 Å². The number of carbonyl (C=O) groups is 2. The van der Waals surface area contributed by atoms with Gasteiger partial charge in [-0.3, -0.25) is 9.78 Å². The Morgan fingerprint density at radius 3 is 2.71 bits per heavy atom. The van der Waals surface area contributed by atoms with E-state index in [0.717, 1.165) is 50.2 Å². The Hall–Kier alpha value is -3.14. The smallest absolute Gasteiger partial charge is 0.326 e. The van der Waals surface area contributed by atoms with Crippen molar-refractivity contribution >= 4 is 17.7 Å². The number of hydrogen-bond acceptors (Lipinski definition) is 6. The van der Waals surface area contributed by atoms with E-state index in [1.54, 1.807) is 12.1 Å². The SMILES string of the molecule is O=C(NC(CCN(CCCCc1ccc2c(n1)NCCC2)CCC(F)F)C(=O)O)c1cccnc1. The Morgan fingerprint density at radius 1 is 1.14 bits per heavy atom. The summed E-state index contributed by atoms with van der Waals surface area (Å²) in [5.74, 6) is -0.736. The number of aromatic nitrogens is 2. The number of carbonyl (C=O) groups excluding carboxylic acids is 1. The van der Waals surface area contributed by atoms with Crippen molar-refractivity contribution in [1.82, 2.24) is 20.2 Å². The van der Waals surface area contributed by atoms with Crippen molar-refractivity contribution in [2.24, 2.45) is 0 Å². The predicted octanol–water partition coefficient (Wildman–Crippen LogP) is 3.39. The summed E-state index contributed by atoms with van der Waals surface area (Å²) >= 11 is 0. The summed E-state index contributed by atoms with van der Waals surface area (Å²) in [5, 5.41) is 15.4.